The highest BCUT2D eigenvalue weighted by atomic mass is 35.5. The number of hydrogen-bond acceptors (Lipinski definition) is 5. The normalized spacial score (nSPS) is 11.0. The quantitative estimate of drug-likeness (QED) is 0.548. The Hall–Kier alpha value is -1.28. The van der Waals surface area contributed by atoms with E-state index in [-0.39, 0.29) is 30.7 Å². The maximum Gasteiger partial charge on any atom is 0.236 e. The Morgan fingerprint density at radius 3 is 2.55 bits per heavy atom. The second-order valence-corrected chi connectivity index (χ2v) is 4.75. The fourth-order valence-corrected chi connectivity index (χ4v) is 2.00. The molecule has 1 heterocycles. The molecule has 22 heavy (non-hydrogen) atoms. The van der Waals surface area contributed by atoms with Crippen LogP contribution in [-0.4, -0.2) is 48.4 Å². The van der Waals surface area contributed by atoms with Crippen molar-refractivity contribution in [2.24, 2.45) is 5.73 Å². The van der Waals surface area contributed by atoms with Crippen LogP contribution in [0.2, 0.25) is 5.15 Å². The SMILES string of the molecule is CCOC(CN(Cc1ccc(F)c(Cl)n1)C(=O)CN)OCC. The van der Waals surface area contributed by atoms with Gasteiger partial charge in [0.1, 0.15) is 0 Å². The van der Waals surface area contributed by atoms with Gasteiger partial charge in [-0.2, -0.15) is 0 Å². The second kappa shape index (κ2) is 9.68. The number of rotatable bonds is 9. The summed E-state index contributed by atoms with van der Waals surface area (Å²) in [5, 5.41) is -0.233. The van der Waals surface area contributed by atoms with Crippen molar-refractivity contribution in [3.05, 3.63) is 28.8 Å². The summed E-state index contributed by atoms with van der Waals surface area (Å²) in [5.74, 6) is -0.893. The van der Waals surface area contributed by atoms with E-state index in [1.54, 1.807) is 0 Å². The number of nitrogens with two attached hydrogens (primary N) is 1. The van der Waals surface area contributed by atoms with Crippen LogP contribution in [0.25, 0.3) is 0 Å². The number of carbonyl (C=O) groups is 1. The summed E-state index contributed by atoms with van der Waals surface area (Å²) < 4.78 is 24.0. The molecule has 0 aliphatic heterocycles. The van der Waals surface area contributed by atoms with Crippen molar-refractivity contribution in [3.8, 4) is 0 Å². The molecule has 6 nitrogen and oxygen atoms in total. The Morgan fingerprint density at radius 1 is 1.41 bits per heavy atom. The Morgan fingerprint density at radius 2 is 2.05 bits per heavy atom. The maximum atomic E-state index is 13.1. The molecule has 0 aliphatic rings. The van der Waals surface area contributed by atoms with Crippen LogP contribution in [0, 0.1) is 5.82 Å². The molecule has 0 aliphatic carbocycles. The Bertz CT molecular complexity index is 484. The molecular weight excluding hydrogens is 313 g/mol. The zero-order valence-electron chi connectivity index (χ0n) is 12.7. The molecule has 124 valence electrons. The molecule has 0 radical (unpaired) electrons. The van der Waals surface area contributed by atoms with Gasteiger partial charge < -0.3 is 20.1 Å². The summed E-state index contributed by atoms with van der Waals surface area (Å²) >= 11 is 5.65. The highest BCUT2D eigenvalue weighted by Crippen LogP contribution is 2.13. The van der Waals surface area contributed by atoms with Crippen LogP contribution in [-0.2, 0) is 20.8 Å². The maximum absolute atomic E-state index is 13.1. The first-order valence-electron chi connectivity index (χ1n) is 7.03. The number of nitrogens with zero attached hydrogens (tertiary/aromatic N) is 2. The zero-order chi connectivity index (χ0) is 16.5. The average Bonchev–Trinajstić information content (AvgIpc) is 2.50. The van der Waals surface area contributed by atoms with Gasteiger partial charge in [0.2, 0.25) is 5.91 Å². The number of hydrogen-bond donors (Lipinski definition) is 1. The van der Waals surface area contributed by atoms with E-state index in [0.29, 0.717) is 18.9 Å². The smallest absolute Gasteiger partial charge is 0.236 e. The topological polar surface area (TPSA) is 77.7 Å². The van der Waals surface area contributed by atoms with Gasteiger partial charge in [0.05, 0.1) is 25.3 Å². The molecule has 8 heteroatoms. The van der Waals surface area contributed by atoms with Crippen LogP contribution in [0.5, 0.6) is 0 Å². The molecule has 0 unspecified atom stereocenters. The van der Waals surface area contributed by atoms with E-state index in [2.05, 4.69) is 4.98 Å². The van der Waals surface area contributed by atoms with E-state index < -0.39 is 12.1 Å². The summed E-state index contributed by atoms with van der Waals surface area (Å²) in [5.41, 5.74) is 5.88. The first-order valence-corrected chi connectivity index (χ1v) is 7.41. The lowest BCUT2D eigenvalue weighted by Gasteiger charge is -2.27. The fraction of sp³-hybridized carbons (Fsp3) is 0.571. The van der Waals surface area contributed by atoms with Crippen LogP contribution in [0.3, 0.4) is 0 Å². The van der Waals surface area contributed by atoms with Gasteiger partial charge in [0, 0.05) is 13.2 Å². The highest BCUT2D eigenvalue weighted by Gasteiger charge is 2.20. The van der Waals surface area contributed by atoms with E-state index in [4.69, 9.17) is 26.8 Å². The third-order valence-electron chi connectivity index (χ3n) is 2.82. The lowest BCUT2D eigenvalue weighted by molar-refractivity contribution is -0.159. The summed E-state index contributed by atoms with van der Waals surface area (Å²) in [7, 11) is 0. The van der Waals surface area contributed by atoms with Gasteiger partial charge in [-0.3, -0.25) is 4.79 Å². The van der Waals surface area contributed by atoms with Gasteiger partial charge in [-0.15, -0.1) is 0 Å². The fourth-order valence-electron chi connectivity index (χ4n) is 1.83. The lowest BCUT2D eigenvalue weighted by atomic mass is 10.3. The minimum atomic E-state index is -0.608. The van der Waals surface area contributed by atoms with Crippen LogP contribution in [0.15, 0.2) is 12.1 Å². The predicted octanol–water partition coefficient (Wildman–Crippen LogP) is 1.56. The molecule has 1 aromatic heterocycles. The van der Waals surface area contributed by atoms with Crippen molar-refractivity contribution >= 4 is 17.5 Å². The largest absolute Gasteiger partial charge is 0.351 e. The first kappa shape index (κ1) is 18.8. The predicted molar refractivity (Wildman–Crippen MR) is 80.7 cm³/mol. The van der Waals surface area contributed by atoms with Crippen molar-refractivity contribution in [1.29, 1.82) is 0 Å². The molecule has 0 saturated carbocycles. The molecule has 1 aromatic rings. The molecule has 0 atom stereocenters. The number of pyridine rings is 1. The molecular formula is C14H21ClFN3O3. The van der Waals surface area contributed by atoms with Crippen molar-refractivity contribution in [1.82, 2.24) is 9.88 Å². The van der Waals surface area contributed by atoms with E-state index in [1.807, 2.05) is 13.8 Å². The van der Waals surface area contributed by atoms with Crippen molar-refractivity contribution in [3.63, 3.8) is 0 Å². The second-order valence-electron chi connectivity index (χ2n) is 4.39. The van der Waals surface area contributed by atoms with Crippen molar-refractivity contribution < 1.29 is 18.7 Å². The van der Waals surface area contributed by atoms with Gasteiger partial charge >= 0.3 is 0 Å². The van der Waals surface area contributed by atoms with Crippen molar-refractivity contribution in [2.75, 3.05) is 26.3 Å². The molecule has 2 N–H and O–H groups in total. The Labute approximate surface area is 134 Å². The number of aromatic nitrogens is 1. The van der Waals surface area contributed by atoms with Crippen LogP contribution >= 0.6 is 11.6 Å². The standard InChI is InChI=1S/C14H21ClFN3O3/c1-3-21-13(22-4-2)9-19(12(20)7-17)8-10-5-6-11(16)14(15)18-10/h5-6,13H,3-4,7-9,17H2,1-2H3. The van der Waals surface area contributed by atoms with Crippen molar-refractivity contribution in [2.45, 2.75) is 26.7 Å². The highest BCUT2D eigenvalue weighted by molar-refractivity contribution is 6.29. The molecule has 0 fully saturated rings. The van der Waals surface area contributed by atoms with Crippen LogP contribution < -0.4 is 5.73 Å². The number of carbonyl (C=O) groups excluding carboxylic acids is 1. The number of halogens is 2. The monoisotopic (exact) mass is 333 g/mol. The third kappa shape index (κ3) is 5.84. The lowest BCUT2D eigenvalue weighted by Crippen LogP contribution is -2.42. The molecule has 1 rings (SSSR count). The van der Waals surface area contributed by atoms with E-state index in [9.17, 15) is 9.18 Å². The summed E-state index contributed by atoms with van der Waals surface area (Å²) in [6.45, 7) is 4.78. The van der Waals surface area contributed by atoms with Gasteiger partial charge in [-0.1, -0.05) is 11.6 Å². The molecule has 0 aromatic carbocycles. The van der Waals surface area contributed by atoms with Crippen LogP contribution in [0.4, 0.5) is 4.39 Å². The molecule has 1 amide bonds. The van der Waals surface area contributed by atoms with E-state index in [0.717, 1.165) is 0 Å². The summed E-state index contributed by atoms with van der Waals surface area (Å²) in [4.78, 5) is 17.3. The third-order valence-corrected chi connectivity index (χ3v) is 3.08. The van der Waals surface area contributed by atoms with Gasteiger partial charge in [-0.25, -0.2) is 9.37 Å². The van der Waals surface area contributed by atoms with Gasteiger partial charge in [0.25, 0.3) is 0 Å². The number of amides is 1. The Kier molecular flexibility index (Phi) is 8.26. The van der Waals surface area contributed by atoms with Crippen LogP contribution in [0.1, 0.15) is 19.5 Å². The minimum Gasteiger partial charge on any atom is -0.351 e. The summed E-state index contributed by atoms with van der Waals surface area (Å²) in [6, 6.07) is 2.67. The van der Waals surface area contributed by atoms with E-state index in [1.165, 1.54) is 17.0 Å². The minimum absolute atomic E-state index is 0.146. The molecule has 0 bridgehead atoms. The first-order chi connectivity index (χ1) is 10.5. The van der Waals surface area contributed by atoms with Gasteiger partial charge in [-0.05, 0) is 26.0 Å². The number of ether oxygens (including phenoxy) is 2. The zero-order valence-corrected chi connectivity index (χ0v) is 13.5. The van der Waals surface area contributed by atoms with E-state index >= 15 is 0 Å². The molecule has 0 saturated heterocycles. The Balaban J connectivity index is 2.83. The van der Waals surface area contributed by atoms with Gasteiger partial charge in [0.15, 0.2) is 17.3 Å². The molecule has 0 spiro atoms. The summed E-state index contributed by atoms with van der Waals surface area (Å²) in [6.07, 6.45) is -0.554. The average molecular weight is 334 g/mol.